The number of hydrogen-bond acceptors (Lipinski definition) is 6. The molecule has 6 nitrogen and oxygen atoms in total. The Hall–Kier alpha value is -2.71. The van der Waals surface area contributed by atoms with E-state index in [9.17, 15) is 4.79 Å². The number of aromatic amines is 1. The summed E-state index contributed by atoms with van der Waals surface area (Å²) in [6.45, 7) is 0.623. The van der Waals surface area contributed by atoms with Gasteiger partial charge in [0.2, 0.25) is 0 Å². The lowest BCUT2D eigenvalue weighted by Gasteiger charge is -2.09. The van der Waals surface area contributed by atoms with Crippen LogP contribution in [0.4, 0.5) is 0 Å². The van der Waals surface area contributed by atoms with Gasteiger partial charge in [0, 0.05) is 24.3 Å². The minimum atomic E-state index is -0.0435. The van der Waals surface area contributed by atoms with E-state index in [1.54, 1.807) is 11.3 Å². The molecule has 0 aliphatic carbocycles. The first-order valence-electron chi connectivity index (χ1n) is 8.98. The number of para-hydroxylation sites is 1. The number of thioether (sulfide) groups is 1. The zero-order valence-corrected chi connectivity index (χ0v) is 16.7. The van der Waals surface area contributed by atoms with Crippen molar-refractivity contribution in [3.05, 3.63) is 71.0 Å². The number of nitrogens with zero attached hydrogens (tertiary/aromatic N) is 3. The van der Waals surface area contributed by atoms with E-state index in [2.05, 4.69) is 31.5 Å². The number of benzene rings is 2. The smallest absolute Gasteiger partial charge is 0.251 e. The predicted molar refractivity (Wildman–Crippen MR) is 113 cm³/mol. The van der Waals surface area contributed by atoms with E-state index >= 15 is 0 Å². The molecule has 0 fully saturated rings. The third-order valence-corrected chi connectivity index (χ3v) is 6.23. The maximum absolute atomic E-state index is 12.6. The number of rotatable bonds is 8. The first kappa shape index (κ1) is 18.6. The number of aromatic nitrogens is 4. The van der Waals surface area contributed by atoms with Crippen LogP contribution in [0.15, 0.2) is 60.0 Å². The Kier molecular flexibility index (Phi) is 5.98. The molecule has 0 saturated heterocycles. The van der Waals surface area contributed by atoms with Crippen LogP contribution >= 0.6 is 23.1 Å². The van der Waals surface area contributed by atoms with Crippen molar-refractivity contribution in [1.82, 2.24) is 25.5 Å². The largest absolute Gasteiger partial charge is 0.352 e. The molecular formula is C20H19N5OS2. The number of nitrogens with one attached hydrogen (secondary N) is 2. The molecular weight excluding hydrogens is 390 g/mol. The number of aryl methyl sites for hydroxylation is 1. The van der Waals surface area contributed by atoms with Gasteiger partial charge in [-0.1, -0.05) is 42.1 Å². The lowest BCUT2D eigenvalue weighted by Crippen LogP contribution is -2.25. The fraction of sp³-hybridized carbons (Fsp3) is 0.200. The molecule has 0 spiro atoms. The molecule has 2 heterocycles. The maximum Gasteiger partial charge on any atom is 0.251 e. The summed E-state index contributed by atoms with van der Waals surface area (Å²) in [6.07, 6.45) is 3.20. The molecule has 8 heteroatoms. The summed E-state index contributed by atoms with van der Waals surface area (Å²) in [5.74, 6) is 0.614. The second kappa shape index (κ2) is 8.99. The number of amides is 1. The first-order valence-corrected chi connectivity index (χ1v) is 10.8. The van der Waals surface area contributed by atoms with Gasteiger partial charge < -0.3 is 5.32 Å². The molecule has 0 unspecified atom stereocenters. The van der Waals surface area contributed by atoms with Gasteiger partial charge in [0.1, 0.15) is 6.33 Å². The minimum absolute atomic E-state index is 0.0435. The topological polar surface area (TPSA) is 83.6 Å². The van der Waals surface area contributed by atoms with Crippen molar-refractivity contribution in [1.29, 1.82) is 0 Å². The summed E-state index contributed by atoms with van der Waals surface area (Å²) >= 11 is 3.24. The van der Waals surface area contributed by atoms with Gasteiger partial charge in [-0.25, -0.2) is 9.97 Å². The number of carbonyl (C=O) groups is 1. The second-order valence-electron chi connectivity index (χ2n) is 6.17. The molecule has 28 heavy (non-hydrogen) atoms. The van der Waals surface area contributed by atoms with Crippen LogP contribution < -0.4 is 5.32 Å². The third-order valence-electron chi connectivity index (χ3n) is 4.21. The van der Waals surface area contributed by atoms with Gasteiger partial charge in [-0.2, -0.15) is 5.10 Å². The Bertz CT molecular complexity index is 1030. The Balaban J connectivity index is 1.30. The van der Waals surface area contributed by atoms with Crippen LogP contribution in [0.25, 0.3) is 10.2 Å². The van der Waals surface area contributed by atoms with Crippen LogP contribution in [0.5, 0.6) is 0 Å². The Labute approximate surface area is 170 Å². The average molecular weight is 410 g/mol. The van der Waals surface area contributed by atoms with E-state index in [-0.39, 0.29) is 5.91 Å². The van der Waals surface area contributed by atoms with E-state index in [4.69, 9.17) is 0 Å². The maximum atomic E-state index is 12.6. The fourth-order valence-electron chi connectivity index (χ4n) is 2.84. The number of fused-ring (bicyclic) bond motifs is 1. The zero-order chi connectivity index (χ0) is 19.2. The van der Waals surface area contributed by atoms with Crippen molar-refractivity contribution < 1.29 is 4.79 Å². The molecule has 0 saturated carbocycles. The Morgan fingerprint density at radius 1 is 1.14 bits per heavy atom. The quantitative estimate of drug-likeness (QED) is 0.339. The third kappa shape index (κ3) is 4.58. The van der Waals surface area contributed by atoms with E-state index < -0.39 is 0 Å². The first-order chi connectivity index (χ1) is 13.8. The summed E-state index contributed by atoms with van der Waals surface area (Å²) < 4.78 is 1.21. The summed E-state index contributed by atoms with van der Waals surface area (Å²) in [4.78, 5) is 21.4. The van der Waals surface area contributed by atoms with E-state index in [0.717, 1.165) is 34.1 Å². The van der Waals surface area contributed by atoms with Crippen LogP contribution in [-0.4, -0.2) is 32.6 Å². The highest BCUT2D eigenvalue weighted by Crippen LogP contribution is 2.23. The summed E-state index contributed by atoms with van der Waals surface area (Å²) in [7, 11) is 0. The predicted octanol–water partition coefficient (Wildman–Crippen LogP) is 4.07. The van der Waals surface area contributed by atoms with Gasteiger partial charge >= 0.3 is 0 Å². The SMILES string of the molecule is O=C(NCCCc1nc2ccccc2s1)c1ccccc1CSc1ncn[nH]1. The lowest BCUT2D eigenvalue weighted by molar-refractivity contribution is 0.0952. The molecule has 0 radical (unpaired) electrons. The molecule has 2 N–H and O–H groups in total. The molecule has 0 aliphatic rings. The van der Waals surface area contributed by atoms with Gasteiger partial charge in [-0.05, 0) is 30.2 Å². The molecule has 142 valence electrons. The summed E-state index contributed by atoms with van der Waals surface area (Å²) in [5.41, 5.74) is 2.73. The Morgan fingerprint density at radius 3 is 2.86 bits per heavy atom. The van der Waals surface area contributed by atoms with Gasteiger partial charge in [-0.3, -0.25) is 9.89 Å². The van der Waals surface area contributed by atoms with Crippen molar-refractivity contribution in [2.24, 2.45) is 0 Å². The van der Waals surface area contributed by atoms with Gasteiger partial charge in [-0.15, -0.1) is 11.3 Å². The second-order valence-corrected chi connectivity index (χ2v) is 8.25. The van der Waals surface area contributed by atoms with Crippen molar-refractivity contribution >= 4 is 39.2 Å². The van der Waals surface area contributed by atoms with E-state index in [1.807, 2.05) is 42.5 Å². The normalized spacial score (nSPS) is 11.0. The van der Waals surface area contributed by atoms with Crippen LogP contribution in [0.1, 0.15) is 27.3 Å². The van der Waals surface area contributed by atoms with Gasteiger partial charge in [0.15, 0.2) is 5.16 Å². The number of hydrogen-bond donors (Lipinski definition) is 2. The molecule has 2 aromatic heterocycles. The van der Waals surface area contributed by atoms with Crippen LogP contribution in [0, 0.1) is 0 Å². The highest BCUT2D eigenvalue weighted by molar-refractivity contribution is 7.98. The number of thiazole rings is 1. The van der Waals surface area contributed by atoms with Crippen LogP contribution in [0.2, 0.25) is 0 Å². The van der Waals surface area contributed by atoms with E-state index in [0.29, 0.717) is 17.9 Å². The highest BCUT2D eigenvalue weighted by Gasteiger charge is 2.11. The zero-order valence-electron chi connectivity index (χ0n) is 15.1. The molecule has 0 atom stereocenters. The van der Waals surface area contributed by atoms with Crippen molar-refractivity contribution in [2.45, 2.75) is 23.8 Å². The van der Waals surface area contributed by atoms with Crippen molar-refractivity contribution in [3.63, 3.8) is 0 Å². The Morgan fingerprint density at radius 2 is 2.00 bits per heavy atom. The molecule has 4 aromatic rings. The van der Waals surface area contributed by atoms with Crippen molar-refractivity contribution in [3.8, 4) is 0 Å². The summed E-state index contributed by atoms with van der Waals surface area (Å²) in [5, 5.41) is 11.5. The number of H-pyrrole nitrogens is 1. The monoisotopic (exact) mass is 409 g/mol. The lowest BCUT2D eigenvalue weighted by atomic mass is 10.1. The molecule has 0 aliphatic heterocycles. The minimum Gasteiger partial charge on any atom is -0.352 e. The fourth-order valence-corrected chi connectivity index (χ4v) is 4.63. The van der Waals surface area contributed by atoms with Crippen LogP contribution in [-0.2, 0) is 12.2 Å². The molecule has 4 rings (SSSR count). The summed E-state index contributed by atoms with van der Waals surface area (Å²) in [6, 6.07) is 15.8. The van der Waals surface area contributed by atoms with Gasteiger partial charge in [0.25, 0.3) is 5.91 Å². The molecule has 2 aromatic carbocycles. The van der Waals surface area contributed by atoms with E-state index in [1.165, 1.54) is 22.8 Å². The molecule has 0 bridgehead atoms. The van der Waals surface area contributed by atoms with Crippen LogP contribution in [0.3, 0.4) is 0 Å². The van der Waals surface area contributed by atoms with Gasteiger partial charge in [0.05, 0.1) is 15.2 Å². The average Bonchev–Trinajstić information content (AvgIpc) is 3.39. The molecule has 1 amide bonds. The standard InChI is InChI=1S/C20H19N5OS2/c26-19(15-7-2-1-6-14(15)12-27-20-22-13-23-25-20)21-11-5-10-18-24-16-8-3-4-9-17(16)28-18/h1-4,6-9,13H,5,10-12H2,(H,21,26)(H,22,23,25). The number of carbonyl (C=O) groups excluding carboxylic acids is 1. The van der Waals surface area contributed by atoms with Crippen molar-refractivity contribution in [2.75, 3.05) is 6.54 Å². The highest BCUT2D eigenvalue weighted by atomic mass is 32.2.